The largest absolute Gasteiger partial charge is 0.465 e. The molecular weight excluding hydrogens is 470 g/mol. The lowest BCUT2D eigenvalue weighted by molar-refractivity contribution is 0.0530. The molecule has 7 nitrogen and oxygen atoms in total. The number of aromatic nitrogens is 2. The summed E-state index contributed by atoms with van der Waals surface area (Å²) in [5.74, 6) is 1.05. The summed E-state index contributed by atoms with van der Waals surface area (Å²) in [7, 11) is 1.35. The topological polar surface area (TPSA) is 90.4 Å². The van der Waals surface area contributed by atoms with E-state index in [1.165, 1.54) is 18.4 Å². The van der Waals surface area contributed by atoms with Crippen molar-refractivity contribution >= 4 is 56.8 Å². The molecule has 0 spiro atoms. The fourth-order valence-corrected chi connectivity index (χ4v) is 5.21. The van der Waals surface area contributed by atoms with Crippen LogP contribution >= 0.6 is 23.1 Å². The Bertz CT molecular complexity index is 1320. The van der Waals surface area contributed by atoms with Crippen LogP contribution in [0, 0.1) is 6.92 Å². The first-order valence-electron chi connectivity index (χ1n) is 10.6. The van der Waals surface area contributed by atoms with Gasteiger partial charge in [-0.3, -0.25) is 0 Å². The molecule has 0 aliphatic rings. The van der Waals surface area contributed by atoms with Crippen molar-refractivity contribution in [1.29, 1.82) is 0 Å². The lowest BCUT2D eigenvalue weighted by atomic mass is 10.2. The fraction of sp³-hybridized carbons (Fsp3) is 0.200. The second-order valence-corrected chi connectivity index (χ2v) is 9.29. The molecule has 4 aromatic rings. The minimum atomic E-state index is -0.399. The zero-order chi connectivity index (χ0) is 24.1. The van der Waals surface area contributed by atoms with Crippen LogP contribution in [0.15, 0.2) is 59.5 Å². The van der Waals surface area contributed by atoms with Crippen LogP contribution in [0.2, 0.25) is 0 Å². The number of anilines is 2. The zero-order valence-electron chi connectivity index (χ0n) is 19.0. The van der Waals surface area contributed by atoms with Gasteiger partial charge in [0.1, 0.15) is 21.3 Å². The van der Waals surface area contributed by atoms with Crippen LogP contribution in [0.25, 0.3) is 10.2 Å². The SMILES string of the molecule is CCOC(=O)c1sc2nc(CSc3ccccc3)nc(Nc3ccc(C(=O)OC)cc3)c2c1C. The maximum atomic E-state index is 12.5. The Labute approximate surface area is 205 Å². The van der Waals surface area contributed by atoms with E-state index in [-0.39, 0.29) is 5.97 Å². The maximum absolute atomic E-state index is 12.5. The second-order valence-electron chi connectivity index (χ2n) is 7.24. The first-order chi connectivity index (χ1) is 16.5. The molecule has 0 amide bonds. The van der Waals surface area contributed by atoms with Crippen LogP contribution in [-0.2, 0) is 15.2 Å². The van der Waals surface area contributed by atoms with Gasteiger partial charge in [0, 0.05) is 10.6 Å². The van der Waals surface area contributed by atoms with Gasteiger partial charge in [0.25, 0.3) is 0 Å². The molecule has 2 aromatic carbocycles. The van der Waals surface area contributed by atoms with Gasteiger partial charge in [-0.2, -0.15) is 0 Å². The molecule has 0 unspecified atom stereocenters. The van der Waals surface area contributed by atoms with Crippen molar-refractivity contribution < 1.29 is 19.1 Å². The molecule has 1 N–H and O–H groups in total. The number of thiophene rings is 1. The maximum Gasteiger partial charge on any atom is 0.348 e. The van der Waals surface area contributed by atoms with Crippen LogP contribution in [0.3, 0.4) is 0 Å². The number of esters is 2. The molecule has 174 valence electrons. The molecule has 0 radical (unpaired) electrons. The number of fused-ring (bicyclic) bond motifs is 1. The van der Waals surface area contributed by atoms with Crippen molar-refractivity contribution in [1.82, 2.24) is 9.97 Å². The first-order valence-corrected chi connectivity index (χ1v) is 12.4. The molecule has 34 heavy (non-hydrogen) atoms. The minimum absolute atomic E-state index is 0.300. The molecule has 0 atom stereocenters. The Balaban J connectivity index is 1.71. The Kier molecular flexibility index (Phi) is 7.44. The van der Waals surface area contributed by atoms with Crippen molar-refractivity contribution in [3.05, 3.63) is 76.4 Å². The summed E-state index contributed by atoms with van der Waals surface area (Å²) in [6.45, 7) is 3.96. The highest BCUT2D eigenvalue weighted by Crippen LogP contribution is 2.36. The van der Waals surface area contributed by atoms with Gasteiger partial charge in [-0.1, -0.05) is 18.2 Å². The summed E-state index contributed by atoms with van der Waals surface area (Å²) in [4.78, 5) is 36.1. The van der Waals surface area contributed by atoms with Crippen molar-refractivity contribution in [2.75, 3.05) is 19.0 Å². The smallest absolute Gasteiger partial charge is 0.348 e. The molecule has 4 rings (SSSR count). The summed E-state index contributed by atoms with van der Waals surface area (Å²) in [6.07, 6.45) is 0. The van der Waals surface area contributed by atoms with Gasteiger partial charge in [-0.25, -0.2) is 19.6 Å². The molecule has 2 aromatic heterocycles. The molecule has 2 heterocycles. The summed E-state index contributed by atoms with van der Waals surface area (Å²) >= 11 is 2.94. The van der Waals surface area contributed by atoms with Crippen molar-refractivity contribution in [3.63, 3.8) is 0 Å². The number of rotatable bonds is 8. The van der Waals surface area contributed by atoms with E-state index in [1.807, 2.05) is 37.3 Å². The lowest BCUT2D eigenvalue weighted by Gasteiger charge is -2.10. The third-order valence-electron chi connectivity index (χ3n) is 4.98. The Morgan fingerprint density at radius 3 is 2.44 bits per heavy atom. The van der Waals surface area contributed by atoms with Gasteiger partial charge in [-0.15, -0.1) is 23.1 Å². The number of ether oxygens (including phenoxy) is 2. The Morgan fingerprint density at radius 1 is 1.03 bits per heavy atom. The second kappa shape index (κ2) is 10.7. The number of nitrogens with one attached hydrogen (secondary N) is 1. The summed E-state index contributed by atoms with van der Waals surface area (Å²) in [5, 5.41) is 4.11. The normalized spacial score (nSPS) is 10.8. The number of hydrogen-bond donors (Lipinski definition) is 1. The van der Waals surface area contributed by atoms with Crippen molar-refractivity contribution in [2.45, 2.75) is 24.5 Å². The molecule has 0 aliphatic carbocycles. The highest BCUT2D eigenvalue weighted by atomic mass is 32.2. The molecule has 0 fully saturated rings. The average molecular weight is 494 g/mol. The van der Waals surface area contributed by atoms with Crippen LogP contribution in [-0.4, -0.2) is 35.6 Å². The van der Waals surface area contributed by atoms with Crippen LogP contribution in [0.1, 0.15) is 38.3 Å². The van der Waals surface area contributed by atoms with Crippen LogP contribution in [0.4, 0.5) is 11.5 Å². The number of carbonyl (C=O) groups is 2. The summed E-state index contributed by atoms with van der Waals surface area (Å²) in [6, 6.07) is 17.0. The molecule has 0 aliphatic heterocycles. The van der Waals surface area contributed by atoms with Gasteiger partial charge in [0.2, 0.25) is 0 Å². The standard InChI is InChI=1S/C25H23N3O4S2/c1-4-32-25(30)21-15(2)20-22(26-17-12-10-16(11-13-17)24(29)31-3)27-19(28-23(20)34-21)14-33-18-8-6-5-7-9-18/h5-13H,4,14H2,1-3H3,(H,26,27,28). The van der Waals surface area contributed by atoms with E-state index in [4.69, 9.17) is 19.4 Å². The van der Waals surface area contributed by atoms with Crippen LogP contribution in [0.5, 0.6) is 0 Å². The van der Waals surface area contributed by atoms with E-state index < -0.39 is 5.97 Å². The number of benzene rings is 2. The number of hydrogen-bond acceptors (Lipinski definition) is 9. The van der Waals surface area contributed by atoms with E-state index in [9.17, 15) is 9.59 Å². The molecule has 0 saturated heterocycles. The molecular formula is C25H23N3O4S2. The zero-order valence-corrected chi connectivity index (χ0v) is 20.6. The predicted molar refractivity (Wildman–Crippen MR) is 135 cm³/mol. The number of methoxy groups -OCH3 is 1. The number of carbonyl (C=O) groups excluding carboxylic acids is 2. The first kappa shape index (κ1) is 23.7. The number of nitrogens with zero attached hydrogens (tertiary/aromatic N) is 2. The third-order valence-corrected chi connectivity index (χ3v) is 7.15. The fourth-order valence-electron chi connectivity index (χ4n) is 3.34. The number of thioether (sulfide) groups is 1. The van der Waals surface area contributed by atoms with Gasteiger partial charge in [0.05, 0.1) is 30.4 Å². The van der Waals surface area contributed by atoms with E-state index in [0.717, 1.165) is 21.5 Å². The third kappa shape index (κ3) is 5.21. The minimum Gasteiger partial charge on any atom is -0.465 e. The summed E-state index contributed by atoms with van der Waals surface area (Å²) in [5.41, 5.74) is 1.98. The van der Waals surface area contributed by atoms with Crippen molar-refractivity contribution in [3.8, 4) is 0 Å². The molecule has 0 saturated carbocycles. The van der Waals surface area contributed by atoms with Crippen molar-refractivity contribution in [2.24, 2.45) is 0 Å². The number of aryl methyl sites for hydroxylation is 1. The monoisotopic (exact) mass is 493 g/mol. The Hall–Kier alpha value is -3.43. The van der Waals surface area contributed by atoms with E-state index in [0.29, 0.717) is 39.3 Å². The predicted octanol–water partition coefficient (Wildman–Crippen LogP) is 6.00. The Morgan fingerprint density at radius 2 is 1.76 bits per heavy atom. The van der Waals surface area contributed by atoms with Gasteiger partial charge >= 0.3 is 11.9 Å². The molecule has 0 bridgehead atoms. The van der Waals surface area contributed by atoms with E-state index in [1.54, 1.807) is 43.0 Å². The van der Waals surface area contributed by atoms with E-state index >= 15 is 0 Å². The molecule has 9 heteroatoms. The van der Waals surface area contributed by atoms with E-state index in [2.05, 4.69) is 5.32 Å². The summed E-state index contributed by atoms with van der Waals surface area (Å²) < 4.78 is 10.0. The van der Waals surface area contributed by atoms with Crippen LogP contribution < -0.4 is 5.32 Å². The van der Waals surface area contributed by atoms with Gasteiger partial charge in [0.15, 0.2) is 0 Å². The van der Waals surface area contributed by atoms with Gasteiger partial charge in [-0.05, 0) is 55.8 Å². The van der Waals surface area contributed by atoms with Gasteiger partial charge < -0.3 is 14.8 Å². The highest BCUT2D eigenvalue weighted by molar-refractivity contribution is 7.98. The lowest BCUT2D eigenvalue weighted by Crippen LogP contribution is -2.04. The average Bonchev–Trinajstić information content (AvgIpc) is 3.20. The highest BCUT2D eigenvalue weighted by Gasteiger charge is 2.22. The quantitative estimate of drug-likeness (QED) is 0.236.